The van der Waals surface area contributed by atoms with E-state index in [0.29, 0.717) is 6.42 Å². The summed E-state index contributed by atoms with van der Waals surface area (Å²) in [6, 6.07) is 0. The third-order valence-corrected chi connectivity index (χ3v) is 9.20. The van der Waals surface area contributed by atoms with E-state index in [1.165, 1.54) is 14.0 Å². The lowest BCUT2D eigenvalue weighted by Gasteiger charge is -2.48. The van der Waals surface area contributed by atoms with E-state index in [1.54, 1.807) is 0 Å². The molecular formula is C21H26O10. The van der Waals surface area contributed by atoms with Crippen molar-refractivity contribution in [1.82, 2.24) is 0 Å². The summed E-state index contributed by atoms with van der Waals surface area (Å²) >= 11 is 0. The maximum absolute atomic E-state index is 13.5. The van der Waals surface area contributed by atoms with E-state index in [9.17, 15) is 24.6 Å². The summed E-state index contributed by atoms with van der Waals surface area (Å²) < 4.78 is 28.7. The van der Waals surface area contributed by atoms with Gasteiger partial charge in [0.2, 0.25) is 11.9 Å². The zero-order chi connectivity index (χ0) is 22.5. The molecule has 4 unspecified atom stereocenters. The van der Waals surface area contributed by atoms with Crippen molar-refractivity contribution in [3.63, 3.8) is 0 Å². The maximum Gasteiger partial charge on any atom is 0.343 e. The maximum atomic E-state index is 13.5. The lowest BCUT2D eigenvalue weighted by Crippen LogP contribution is -2.67. The molecule has 6 aliphatic rings. The van der Waals surface area contributed by atoms with E-state index in [0.717, 1.165) is 0 Å². The fourth-order valence-electron chi connectivity index (χ4n) is 8.38. The van der Waals surface area contributed by atoms with Gasteiger partial charge < -0.3 is 33.9 Å². The summed E-state index contributed by atoms with van der Waals surface area (Å²) in [5.74, 6) is -3.79. The topological polar surface area (TPSA) is 138 Å². The third kappa shape index (κ3) is 1.49. The normalized spacial score (nSPS) is 58.5. The fourth-order valence-corrected chi connectivity index (χ4v) is 8.38. The molecule has 4 saturated heterocycles. The van der Waals surface area contributed by atoms with Crippen LogP contribution >= 0.6 is 0 Å². The molecule has 2 saturated carbocycles. The van der Waals surface area contributed by atoms with Gasteiger partial charge in [0.15, 0.2) is 17.8 Å². The summed E-state index contributed by atoms with van der Waals surface area (Å²) in [4.78, 5) is 38.8. The number of esters is 3. The van der Waals surface area contributed by atoms with Crippen LogP contribution in [0.5, 0.6) is 0 Å². The Bertz CT molecular complexity index is 941. The molecule has 0 amide bonds. The Hall–Kier alpha value is -1.75. The molecular weight excluding hydrogens is 411 g/mol. The molecule has 6 fully saturated rings. The lowest BCUT2D eigenvalue weighted by molar-refractivity contribution is -0.239. The first-order valence-corrected chi connectivity index (χ1v) is 10.6. The van der Waals surface area contributed by atoms with E-state index in [-0.39, 0.29) is 5.92 Å². The summed E-state index contributed by atoms with van der Waals surface area (Å²) in [7, 11) is 1.36. The largest absolute Gasteiger partial charge is 0.459 e. The fraction of sp³-hybridized carbons (Fsp3) is 0.857. The van der Waals surface area contributed by atoms with Gasteiger partial charge in [-0.05, 0) is 24.7 Å². The van der Waals surface area contributed by atoms with Crippen molar-refractivity contribution in [2.45, 2.75) is 76.0 Å². The highest BCUT2D eigenvalue weighted by Gasteiger charge is 3.04. The Morgan fingerprint density at radius 2 is 1.77 bits per heavy atom. The van der Waals surface area contributed by atoms with Crippen molar-refractivity contribution in [1.29, 1.82) is 0 Å². The zero-order valence-electron chi connectivity index (χ0n) is 17.9. The molecule has 31 heavy (non-hydrogen) atoms. The number of carbonyl (C=O) groups excluding carboxylic acids is 3. The summed E-state index contributed by atoms with van der Waals surface area (Å²) in [5.41, 5.74) is -7.69. The molecule has 6 rings (SSSR count). The van der Waals surface area contributed by atoms with Crippen molar-refractivity contribution in [3.05, 3.63) is 0 Å². The SMILES string of the molecule is C[C@@H]1C(=O)O[C@H]2[C@H](O)C34C5C[C@@H](C(C)(C)C)C36C(OC(=O)[C@@H]6O[11CH3])O[C@]4(C(=O)O5)[C@@]12O. The van der Waals surface area contributed by atoms with Crippen LogP contribution in [0.15, 0.2) is 0 Å². The number of ether oxygens (including phenoxy) is 5. The van der Waals surface area contributed by atoms with Crippen molar-refractivity contribution in [2.75, 3.05) is 7.11 Å². The highest BCUT2D eigenvalue weighted by atomic mass is 16.8. The second-order valence-corrected chi connectivity index (χ2v) is 10.9. The van der Waals surface area contributed by atoms with Crippen LogP contribution in [-0.2, 0) is 38.1 Å². The number of methoxy groups -OCH3 is 1. The first kappa shape index (κ1) is 19.9. The molecule has 4 aliphatic heterocycles. The van der Waals surface area contributed by atoms with Crippen LogP contribution in [0.3, 0.4) is 0 Å². The number of carbonyl (C=O) groups is 3. The molecule has 0 aromatic carbocycles. The van der Waals surface area contributed by atoms with Gasteiger partial charge in [0.05, 0.1) is 16.7 Å². The molecule has 2 spiro atoms. The van der Waals surface area contributed by atoms with Gasteiger partial charge in [-0.2, -0.15) is 0 Å². The molecule has 2 N–H and O–H groups in total. The molecule has 0 bridgehead atoms. The molecule has 2 aliphatic carbocycles. The molecule has 10 heteroatoms. The quantitative estimate of drug-likeness (QED) is 0.399. The molecule has 0 aromatic heterocycles. The van der Waals surface area contributed by atoms with Gasteiger partial charge in [-0.25, -0.2) is 9.59 Å². The third-order valence-electron chi connectivity index (χ3n) is 9.20. The van der Waals surface area contributed by atoms with E-state index in [4.69, 9.17) is 23.7 Å². The summed E-state index contributed by atoms with van der Waals surface area (Å²) in [5, 5.41) is 23.7. The minimum Gasteiger partial charge on any atom is -0.459 e. The number of rotatable bonds is 1. The highest BCUT2D eigenvalue weighted by Crippen LogP contribution is 2.84. The molecule has 0 aromatic rings. The van der Waals surface area contributed by atoms with Crippen LogP contribution in [-0.4, -0.2) is 77.1 Å². The summed E-state index contributed by atoms with van der Waals surface area (Å²) in [6.45, 7) is 7.39. The van der Waals surface area contributed by atoms with Crippen LogP contribution in [0.25, 0.3) is 0 Å². The van der Waals surface area contributed by atoms with Crippen LogP contribution in [0.2, 0.25) is 0 Å². The second kappa shape index (κ2) is 5.08. The average Bonchev–Trinajstić information content (AvgIpc) is 3.38. The predicted molar refractivity (Wildman–Crippen MR) is 96.8 cm³/mol. The Morgan fingerprint density at radius 3 is 2.39 bits per heavy atom. The van der Waals surface area contributed by atoms with Crippen LogP contribution in [0, 0.1) is 28.1 Å². The molecule has 11 atom stereocenters. The Balaban J connectivity index is 1.72. The minimum absolute atomic E-state index is 0.315. The van der Waals surface area contributed by atoms with Crippen molar-refractivity contribution in [3.8, 4) is 0 Å². The van der Waals surface area contributed by atoms with Crippen LogP contribution < -0.4 is 0 Å². The van der Waals surface area contributed by atoms with Crippen molar-refractivity contribution < 1.29 is 48.3 Å². The van der Waals surface area contributed by atoms with Crippen LogP contribution in [0.1, 0.15) is 34.1 Å². The van der Waals surface area contributed by atoms with E-state index >= 15 is 0 Å². The van der Waals surface area contributed by atoms with Crippen LogP contribution in [0.4, 0.5) is 0 Å². The van der Waals surface area contributed by atoms with Gasteiger partial charge in [-0.1, -0.05) is 20.8 Å². The Morgan fingerprint density at radius 1 is 1.10 bits per heavy atom. The number of hydrogen-bond acceptors (Lipinski definition) is 10. The molecule has 0 radical (unpaired) electrons. The first-order chi connectivity index (χ1) is 14.4. The highest BCUT2D eigenvalue weighted by molar-refractivity contribution is 5.94. The minimum atomic E-state index is -2.19. The zero-order valence-corrected chi connectivity index (χ0v) is 17.9. The number of hydrogen-bond donors (Lipinski definition) is 2. The van der Waals surface area contributed by atoms with Gasteiger partial charge in [0, 0.05) is 7.11 Å². The van der Waals surface area contributed by atoms with Gasteiger partial charge in [0.1, 0.15) is 12.2 Å². The van der Waals surface area contributed by atoms with Gasteiger partial charge in [0.25, 0.3) is 0 Å². The molecule has 170 valence electrons. The van der Waals surface area contributed by atoms with Gasteiger partial charge in [-0.15, -0.1) is 0 Å². The Kier molecular flexibility index (Phi) is 3.26. The molecule has 4 heterocycles. The Labute approximate surface area is 178 Å². The number of aliphatic hydroxyl groups is 2. The van der Waals surface area contributed by atoms with Crippen molar-refractivity contribution >= 4 is 17.9 Å². The first-order valence-electron chi connectivity index (χ1n) is 10.6. The van der Waals surface area contributed by atoms with Crippen molar-refractivity contribution in [2.24, 2.45) is 28.1 Å². The van der Waals surface area contributed by atoms with E-state index in [1.807, 2.05) is 20.8 Å². The summed E-state index contributed by atoms with van der Waals surface area (Å²) in [6.07, 6.45) is -5.92. The standard InChI is InChI=1S/C21H26O10/c1-7-13(23)29-11-10(22)19-9-6-8(17(2,3)4)18(19)12(27-5)14(24)30-16(18)31-21(19,15(25)28-9)20(7,11)26/h7-12,16,22,26H,6H2,1-5H3/t7-,8+,9?,10+,11+,12+,16?,18?,19?,20-,21+/m1/s1/i5-1. The predicted octanol–water partition coefficient (Wildman–Crippen LogP) is -0.715. The molecule has 10 nitrogen and oxygen atoms in total. The van der Waals surface area contributed by atoms with Gasteiger partial charge in [-0.3, -0.25) is 4.79 Å². The average molecular weight is 437 g/mol. The number of aliphatic hydroxyl groups excluding tert-OH is 1. The smallest absolute Gasteiger partial charge is 0.343 e. The monoisotopic (exact) mass is 437 g/mol. The lowest BCUT2D eigenvalue weighted by atomic mass is 9.51. The van der Waals surface area contributed by atoms with E-state index in [2.05, 4.69) is 0 Å². The van der Waals surface area contributed by atoms with E-state index < -0.39 is 82.0 Å². The number of fused-ring (bicyclic) bond motifs is 1. The second-order valence-electron chi connectivity index (χ2n) is 10.9. The van der Waals surface area contributed by atoms with Gasteiger partial charge >= 0.3 is 17.9 Å².